The number of nitrogens with one attached hydrogen (secondary N) is 1. The van der Waals surface area contributed by atoms with E-state index in [9.17, 15) is 9.59 Å². The Morgan fingerprint density at radius 2 is 1.75 bits per heavy atom. The van der Waals surface area contributed by atoms with E-state index in [1.54, 1.807) is 26.4 Å². The van der Waals surface area contributed by atoms with Gasteiger partial charge in [0, 0.05) is 30.6 Å². The van der Waals surface area contributed by atoms with Gasteiger partial charge >= 0.3 is 6.09 Å². The van der Waals surface area contributed by atoms with Gasteiger partial charge in [0.05, 0.1) is 33.1 Å². The van der Waals surface area contributed by atoms with Crippen molar-refractivity contribution in [2.24, 2.45) is 5.10 Å². The van der Waals surface area contributed by atoms with Crippen molar-refractivity contribution in [3.05, 3.63) is 53.6 Å². The Labute approximate surface area is 212 Å². The van der Waals surface area contributed by atoms with Crippen molar-refractivity contribution >= 4 is 23.4 Å². The molecule has 2 aliphatic rings. The number of anilines is 1. The van der Waals surface area contributed by atoms with E-state index < -0.39 is 6.09 Å². The predicted molar refractivity (Wildman–Crippen MR) is 138 cm³/mol. The van der Waals surface area contributed by atoms with Gasteiger partial charge in [-0.05, 0) is 68.2 Å². The zero-order chi connectivity index (χ0) is 25.3. The van der Waals surface area contributed by atoms with E-state index in [0.29, 0.717) is 43.2 Å². The molecule has 0 atom stereocenters. The van der Waals surface area contributed by atoms with Crippen LogP contribution in [0.15, 0.2) is 47.6 Å². The predicted octanol–water partition coefficient (Wildman–Crippen LogP) is 4.26. The van der Waals surface area contributed by atoms with E-state index in [1.807, 2.05) is 30.3 Å². The smallest absolute Gasteiger partial charge is 0.411 e. The maximum atomic E-state index is 12.5. The van der Waals surface area contributed by atoms with E-state index in [1.165, 1.54) is 17.9 Å². The average molecular weight is 495 g/mol. The molecule has 1 saturated heterocycles. The number of hydrogen-bond donors (Lipinski definition) is 1. The molecule has 9 nitrogen and oxygen atoms in total. The van der Waals surface area contributed by atoms with Gasteiger partial charge in [0.25, 0.3) is 0 Å². The third-order valence-corrected chi connectivity index (χ3v) is 6.40. The Kier molecular flexibility index (Phi) is 8.78. The molecule has 0 bridgehead atoms. The first-order valence-corrected chi connectivity index (χ1v) is 12.4. The van der Waals surface area contributed by atoms with Crippen molar-refractivity contribution in [2.45, 2.75) is 38.6 Å². The van der Waals surface area contributed by atoms with E-state index >= 15 is 0 Å². The number of nitrogens with zero attached hydrogens (tertiary/aromatic N) is 3. The van der Waals surface area contributed by atoms with Crippen LogP contribution in [0.25, 0.3) is 0 Å². The minimum Gasteiger partial charge on any atom is -0.493 e. The Bertz CT molecular complexity index is 1080. The summed E-state index contributed by atoms with van der Waals surface area (Å²) in [6.07, 6.45) is 3.84. The van der Waals surface area contributed by atoms with Crippen molar-refractivity contribution in [3.8, 4) is 11.5 Å². The Morgan fingerprint density at radius 3 is 2.47 bits per heavy atom. The molecular weight excluding hydrogens is 460 g/mol. The lowest BCUT2D eigenvalue weighted by Gasteiger charge is -2.24. The number of rotatable bonds is 10. The zero-order valence-electron chi connectivity index (χ0n) is 21.0. The highest BCUT2D eigenvalue weighted by Crippen LogP contribution is 2.29. The van der Waals surface area contributed by atoms with Crippen LogP contribution in [0.5, 0.6) is 11.5 Å². The normalized spacial score (nSPS) is 16.0. The highest BCUT2D eigenvalue weighted by atomic mass is 16.5. The summed E-state index contributed by atoms with van der Waals surface area (Å²) in [4.78, 5) is 27.0. The maximum absolute atomic E-state index is 12.5. The number of amides is 2. The van der Waals surface area contributed by atoms with Gasteiger partial charge in [-0.1, -0.05) is 12.1 Å². The molecule has 0 saturated carbocycles. The van der Waals surface area contributed by atoms with Crippen LogP contribution >= 0.6 is 0 Å². The monoisotopic (exact) mass is 494 g/mol. The molecule has 9 heteroatoms. The fraction of sp³-hybridized carbons (Fsp3) is 0.444. The number of hydrogen-bond acceptors (Lipinski definition) is 7. The van der Waals surface area contributed by atoms with Crippen molar-refractivity contribution in [1.29, 1.82) is 0 Å². The molecule has 2 aliphatic heterocycles. The van der Waals surface area contributed by atoms with Gasteiger partial charge in [-0.15, -0.1) is 0 Å². The Balaban J connectivity index is 1.30. The Morgan fingerprint density at radius 1 is 1.00 bits per heavy atom. The quantitative estimate of drug-likeness (QED) is 0.496. The van der Waals surface area contributed by atoms with E-state index in [0.717, 1.165) is 42.9 Å². The van der Waals surface area contributed by atoms with Gasteiger partial charge in [-0.2, -0.15) is 5.10 Å². The molecule has 0 radical (unpaired) electrons. The van der Waals surface area contributed by atoms with Crippen LogP contribution in [0, 0.1) is 0 Å². The largest absolute Gasteiger partial charge is 0.493 e. The van der Waals surface area contributed by atoms with Crippen molar-refractivity contribution in [3.63, 3.8) is 0 Å². The van der Waals surface area contributed by atoms with Crippen LogP contribution in [0.2, 0.25) is 0 Å². The second-order valence-electron chi connectivity index (χ2n) is 8.93. The lowest BCUT2D eigenvalue weighted by molar-refractivity contribution is -0.132. The number of methoxy groups -OCH3 is 2. The maximum Gasteiger partial charge on any atom is 0.411 e. The van der Waals surface area contributed by atoms with Gasteiger partial charge in [-0.25, -0.2) is 9.80 Å². The molecule has 2 amide bonds. The molecule has 1 fully saturated rings. The van der Waals surface area contributed by atoms with Crippen LogP contribution in [0.1, 0.15) is 43.2 Å². The number of benzene rings is 2. The molecule has 0 unspecified atom stereocenters. The van der Waals surface area contributed by atoms with Gasteiger partial charge in [0.15, 0.2) is 11.5 Å². The van der Waals surface area contributed by atoms with Crippen LogP contribution in [-0.4, -0.2) is 68.1 Å². The molecular formula is C27H34N4O5. The van der Waals surface area contributed by atoms with Crippen molar-refractivity contribution in [1.82, 2.24) is 9.91 Å². The molecule has 36 heavy (non-hydrogen) atoms. The van der Waals surface area contributed by atoms with Crippen LogP contribution < -0.4 is 14.8 Å². The van der Waals surface area contributed by atoms with Gasteiger partial charge in [-0.3, -0.25) is 10.1 Å². The summed E-state index contributed by atoms with van der Waals surface area (Å²) in [5.74, 6) is 1.23. The summed E-state index contributed by atoms with van der Waals surface area (Å²) in [6, 6.07) is 13.0. The van der Waals surface area contributed by atoms with E-state index in [-0.39, 0.29) is 5.91 Å². The molecule has 0 spiro atoms. The van der Waals surface area contributed by atoms with Crippen molar-refractivity contribution < 1.29 is 23.8 Å². The SMILES string of the molecule is COc1ccc(C2=NN(Cc3ccc(NC(=O)OCCCN4CCCC4)cc3)C(=O)CC2)cc1OC. The van der Waals surface area contributed by atoms with Crippen LogP contribution in [0.4, 0.5) is 10.5 Å². The number of hydrazone groups is 1. The topological polar surface area (TPSA) is 92.7 Å². The fourth-order valence-corrected chi connectivity index (χ4v) is 4.43. The molecule has 192 valence electrons. The summed E-state index contributed by atoms with van der Waals surface area (Å²) < 4.78 is 16.0. The summed E-state index contributed by atoms with van der Waals surface area (Å²) >= 11 is 0. The second-order valence-corrected chi connectivity index (χ2v) is 8.93. The fourth-order valence-electron chi connectivity index (χ4n) is 4.43. The highest BCUT2D eigenvalue weighted by molar-refractivity contribution is 6.04. The minimum absolute atomic E-state index is 0.0288. The second kappa shape index (κ2) is 12.4. The first-order chi connectivity index (χ1) is 17.6. The van der Waals surface area contributed by atoms with Gasteiger partial charge in [0.2, 0.25) is 5.91 Å². The first-order valence-electron chi connectivity index (χ1n) is 12.4. The molecule has 0 aliphatic carbocycles. The van der Waals surface area contributed by atoms with Gasteiger partial charge < -0.3 is 19.1 Å². The summed E-state index contributed by atoms with van der Waals surface area (Å²) in [6.45, 7) is 4.00. The van der Waals surface area contributed by atoms with Crippen LogP contribution in [-0.2, 0) is 16.1 Å². The number of carbonyl (C=O) groups excluding carboxylic acids is 2. The molecule has 0 aromatic heterocycles. The molecule has 2 aromatic carbocycles. The van der Waals surface area contributed by atoms with Gasteiger partial charge in [0.1, 0.15) is 0 Å². The average Bonchev–Trinajstić information content (AvgIpc) is 3.42. The number of ether oxygens (including phenoxy) is 3. The standard InChI is InChI=1S/C27H34N4O5/c1-34-24-12-8-21(18-25(24)35-2)23-11-13-26(32)31(29-23)19-20-6-9-22(10-7-20)28-27(33)36-17-5-16-30-14-3-4-15-30/h6-10,12,18H,3-5,11,13-17,19H2,1-2H3,(H,28,33). The number of likely N-dealkylation sites (tertiary alicyclic amines) is 1. The summed E-state index contributed by atoms with van der Waals surface area (Å²) in [5, 5.41) is 8.86. The molecule has 4 rings (SSSR count). The van der Waals surface area contributed by atoms with Crippen LogP contribution in [0.3, 0.4) is 0 Å². The molecule has 2 aromatic rings. The third-order valence-electron chi connectivity index (χ3n) is 6.40. The Hall–Kier alpha value is -3.59. The van der Waals surface area contributed by atoms with Crippen molar-refractivity contribution in [2.75, 3.05) is 45.8 Å². The summed E-state index contributed by atoms with van der Waals surface area (Å²) in [7, 11) is 3.18. The lowest BCUT2D eigenvalue weighted by atomic mass is 10.0. The van der Waals surface area contributed by atoms with E-state index in [4.69, 9.17) is 14.2 Å². The lowest BCUT2D eigenvalue weighted by Crippen LogP contribution is -2.31. The molecule has 2 heterocycles. The highest BCUT2D eigenvalue weighted by Gasteiger charge is 2.22. The first kappa shape index (κ1) is 25.5. The summed E-state index contributed by atoms with van der Waals surface area (Å²) in [5.41, 5.74) is 3.26. The zero-order valence-corrected chi connectivity index (χ0v) is 21.0. The third kappa shape index (κ3) is 6.75. The minimum atomic E-state index is -0.459. The molecule has 1 N–H and O–H groups in total. The number of carbonyl (C=O) groups is 2. The van der Waals surface area contributed by atoms with E-state index in [2.05, 4.69) is 15.3 Å².